The van der Waals surface area contributed by atoms with Gasteiger partial charge in [0.25, 0.3) is 5.56 Å². The predicted octanol–water partition coefficient (Wildman–Crippen LogP) is 0.790. The summed E-state index contributed by atoms with van der Waals surface area (Å²) in [7, 11) is 0. The van der Waals surface area contributed by atoms with E-state index in [-0.39, 0.29) is 11.5 Å². The lowest BCUT2D eigenvalue weighted by atomic mass is 10.00. The number of H-pyrrole nitrogens is 1. The zero-order valence-corrected chi connectivity index (χ0v) is 10.8. The summed E-state index contributed by atoms with van der Waals surface area (Å²) in [5.41, 5.74) is -0.126. The Kier molecular flexibility index (Phi) is 3.57. The second-order valence-electron chi connectivity index (χ2n) is 3.85. The average Bonchev–Trinajstić information content (AvgIpc) is 2.33. The van der Waals surface area contributed by atoms with Crippen LogP contribution in [0, 0.1) is 9.49 Å². The first-order chi connectivity index (χ1) is 7.72. The molecule has 0 bridgehead atoms. The molecule has 86 valence electrons. The van der Waals surface area contributed by atoms with Gasteiger partial charge in [0.05, 0.1) is 6.33 Å². The van der Waals surface area contributed by atoms with Crippen LogP contribution in [0.4, 0.5) is 5.82 Å². The average molecular weight is 333 g/mol. The van der Waals surface area contributed by atoms with Gasteiger partial charge in [0.2, 0.25) is 0 Å². The second-order valence-corrected chi connectivity index (χ2v) is 4.93. The fraction of sp³-hybridized carbons (Fsp3) is 0.500. The maximum absolute atomic E-state index is 11.4. The Morgan fingerprint density at radius 3 is 3.19 bits per heavy atom. The highest BCUT2D eigenvalue weighted by atomic mass is 127. The van der Waals surface area contributed by atoms with E-state index in [0.717, 1.165) is 25.7 Å². The molecule has 1 aliphatic heterocycles. The van der Waals surface area contributed by atoms with Crippen LogP contribution in [0.5, 0.6) is 0 Å². The Hall–Kier alpha value is -0.920. The van der Waals surface area contributed by atoms with Crippen LogP contribution in [0.2, 0.25) is 0 Å². The number of hydrogen-bond acceptors (Lipinski definition) is 4. The van der Waals surface area contributed by atoms with Crippen LogP contribution in [0.15, 0.2) is 11.1 Å². The van der Waals surface area contributed by atoms with Crippen molar-refractivity contribution < 1.29 is 4.79 Å². The third-order valence-corrected chi connectivity index (χ3v) is 3.70. The number of carbonyl (C=O) groups is 1. The van der Waals surface area contributed by atoms with Gasteiger partial charge in [-0.2, -0.15) is 0 Å². The quantitative estimate of drug-likeness (QED) is 0.642. The number of nitrogens with one attached hydrogen (secondary N) is 1. The molecule has 2 heterocycles. The van der Waals surface area contributed by atoms with Gasteiger partial charge in [0.1, 0.15) is 15.7 Å². The highest BCUT2D eigenvalue weighted by Gasteiger charge is 2.22. The fourth-order valence-electron chi connectivity index (χ4n) is 1.91. The van der Waals surface area contributed by atoms with E-state index in [0.29, 0.717) is 15.9 Å². The van der Waals surface area contributed by atoms with E-state index >= 15 is 0 Å². The van der Waals surface area contributed by atoms with Crippen molar-refractivity contribution >= 4 is 34.7 Å². The Bertz CT molecular complexity index is 446. The van der Waals surface area contributed by atoms with Gasteiger partial charge in [0, 0.05) is 19.0 Å². The molecule has 0 amide bonds. The Balaban J connectivity index is 2.26. The number of halogens is 1. The van der Waals surface area contributed by atoms with Crippen LogP contribution in [0.25, 0.3) is 0 Å². The van der Waals surface area contributed by atoms with Crippen LogP contribution in [-0.4, -0.2) is 29.3 Å². The summed E-state index contributed by atoms with van der Waals surface area (Å²) in [5, 5.41) is 0. The topological polar surface area (TPSA) is 66.1 Å². The third-order valence-electron chi connectivity index (χ3n) is 2.73. The second kappa shape index (κ2) is 4.94. The molecule has 0 aliphatic carbocycles. The van der Waals surface area contributed by atoms with E-state index in [1.807, 2.05) is 27.5 Å². The normalized spacial score (nSPS) is 20.8. The minimum absolute atomic E-state index is 0.0608. The molecular weight excluding hydrogens is 321 g/mol. The number of nitrogens with zero attached hydrogens (tertiary/aromatic N) is 2. The fourth-order valence-corrected chi connectivity index (χ4v) is 2.54. The third kappa shape index (κ3) is 2.26. The largest absolute Gasteiger partial charge is 0.355 e. The number of anilines is 1. The summed E-state index contributed by atoms with van der Waals surface area (Å²) in [6, 6.07) is 0. The molecule has 16 heavy (non-hydrogen) atoms. The van der Waals surface area contributed by atoms with E-state index in [4.69, 9.17) is 0 Å². The molecule has 1 aromatic rings. The summed E-state index contributed by atoms with van der Waals surface area (Å²) in [6.45, 7) is 1.52. The molecule has 1 fully saturated rings. The first kappa shape index (κ1) is 11.6. The van der Waals surface area contributed by atoms with Crippen molar-refractivity contribution in [2.24, 2.45) is 5.92 Å². The maximum Gasteiger partial charge on any atom is 0.266 e. The lowest BCUT2D eigenvalue weighted by Crippen LogP contribution is -2.38. The molecule has 0 aromatic carbocycles. The number of piperidine rings is 1. The molecule has 1 unspecified atom stereocenters. The molecule has 1 aromatic heterocycles. The van der Waals surface area contributed by atoms with Crippen molar-refractivity contribution in [3.8, 4) is 0 Å². The van der Waals surface area contributed by atoms with Gasteiger partial charge in [-0.1, -0.05) is 0 Å². The SMILES string of the molecule is O=CC1CCCN(c2nc[nH]c(=O)c2I)C1. The highest BCUT2D eigenvalue weighted by molar-refractivity contribution is 14.1. The number of hydrogen-bond donors (Lipinski definition) is 1. The first-order valence-corrected chi connectivity index (χ1v) is 6.23. The number of carbonyl (C=O) groups excluding carboxylic acids is 1. The molecule has 6 heteroatoms. The maximum atomic E-state index is 11.4. The molecule has 1 saturated heterocycles. The summed E-state index contributed by atoms with van der Waals surface area (Å²) in [5.74, 6) is 0.751. The summed E-state index contributed by atoms with van der Waals surface area (Å²) in [6.07, 6.45) is 4.30. The summed E-state index contributed by atoms with van der Waals surface area (Å²) in [4.78, 5) is 30.9. The van der Waals surface area contributed by atoms with E-state index in [2.05, 4.69) is 9.97 Å². The lowest BCUT2D eigenvalue weighted by molar-refractivity contribution is -0.111. The van der Waals surface area contributed by atoms with Crippen LogP contribution in [0.1, 0.15) is 12.8 Å². The van der Waals surface area contributed by atoms with Crippen molar-refractivity contribution in [2.45, 2.75) is 12.8 Å². The van der Waals surface area contributed by atoms with E-state index < -0.39 is 0 Å². The number of rotatable bonds is 2. The predicted molar refractivity (Wildman–Crippen MR) is 68.6 cm³/mol. The standard InChI is InChI=1S/C10H12IN3O2/c11-8-9(12-6-13-10(8)16)14-3-1-2-7(4-14)5-15/h5-7H,1-4H2,(H,12,13,16). The van der Waals surface area contributed by atoms with Gasteiger partial charge in [-0.15, -0.1) is 0 Å². The van der Waals surface area contributed by atoms with Gasteiger partial charge < -0.3 is 14.7 Å². The minimum atomic E-state index is -0.126. The van der Waals surface area contributed by atoms with Crippen molar-refractivity contribution in [3.05, 3.63) is 20.3 Å². The molecular formula is C10H12IN3O2. The molecule has 0 radical (unpaired) electrons. The molecule has 0 spiro atoms. The zero-order valence-electron chi connectivity index (χ0n) is 8.65. The van der Waals surface area contributed by atoms with Crippen molar-refractivity contribution in [1.29, 1.82) is 0 Å². The van der Waals surface area contributed by atoms with Crippen molar-refractivity contribution in [3.63, 3.8) is 0 Å². The Morgan fingerprint density at radius 2 is 2.44 bits per heavy atom. The Morgan fingerprint density at radius 1 is 1.62 bits per heavy atom. The highest BCUT2D eigenvalue weighted by Crippen LogP contribution is 2.22. The number of aldehydes is 1. The lowest BCUT2D eigenvalue weighted by Gasteiger charge is -2.31. The van der Waals surface area contributed by atoms with Crippen LogP contribution < -0.4 is 10.5 Å². The molecule has 0 saturated carbocycles. The monoisotopic (exact) mass is 333 g/mol. The van der Waals surface area contributed by atoms with Crippen molar-refractivity contribution in [1.82, 2.24) is 9.97 Å². The van der Waals surface area contributed by atoms with Crippen LogP contribution >= 0.6 is 22.6 Å². The molecule has 1 atom stereocenters. The van der Waals surface area contributed by atoms with Crippen LogP contribution in [-0.2, 0) is 4.79 Å². The molecule has 1 N–H and O–H groups in total. The van der Waals surface area contributed by atoms with Crippen molar-refractivity contribution in [2.75, 3.05) is 18.0 Å². The number of aromatic nitrogens is 2. The van der Waals surface area contributed by atoms with E-state index in [1.165, 1.54) is 6.33 Å². The van der Waals surface area contributed by atoms with Gasteiger partial charge >= 0.3 is 0 Å². The number of aromatic amines is 1. The summed E-state index contributed by atoms with van der Waals surface area (Å²) < 4.78 is 0.589. The van der Waals surface area contributed by atoms with E-state index in [9.17, 15) is 9.59 Å². The zero-order chi connectivity index (χ0) is 11.5. The first-order valence-electron chi connectivity index (χ1n) is 5.16. The molecule has 2 rings (SSSR count). The van der Waals surface area contributed by atoms with E-state index in [1.54, 1.807) is 0 Å². The van der Waals surface area contributed by atoms with Gasteiger partial charge in [-0.25, -0.2) is 4.98 Å². The van der Waals surface area contributed by atoms with Gasteiger partial charge in [-0.3, -0.25) is 4.79 Å². The van der Waals surface area contributed by atoms with Gasteiger partial charge in [0.15, 0.2) is 0 Å². The minimum Gasteiger partial charge on any atom is -0.355 e. The molecule has 5 nitrogen and oxygen atoms in total. The Labute approximate surface area is 106 Å². The van der Waals surface area contributed by atoms with Gasteiger partial charge in [-0.05, 0) is 35.4 Å². The summed E-state index contributed by atoms with van der Waals surface area (Å²) >= 11 is 1.99. The smallest absolute Gasteiger partial charge is 0.266 e. The molecule has 1 aliphatic rings. The van der Waals surface area contributed by atoms with Crippen LogP contribution in [0.3, 0.4) is 0 Å².